The molecule has 5 rings (SSSR count). The van der Waals surface area contributed by atoms with Crippen LogP contribution in [0.25, 0.3) is 0 Å². The number of hydrogen-bond acceptors (Lipinski definition) is 2. The van der Waals surface area contributed by atoms with Crippen molar-refractivity contribution in [2.75, 3.05) is 4.90 Å². The van der Waals surface area contributed by atoms with Gasteiger partial charge in [0.1, 0.15) is 5.82 Å². The summed E-state index contributed by atoms with van der Waals surface area (Å²) in [7, 11) is 0. The van der Waals surface area contributed by atoms with E-state index in [-0.39, 0.29) is 29.5 Å². The minimum atomic E-state index is -0.380. The quantitative estimate of drug-likeness (QED) is 0.638. The van der Waals surface area contributed by atoms with E-state index in [1.54, 1.807) is 23.1 Å². The van der Waals surface area contributed by atoms with E-state index in [0.29, 0.717) is 17.7 Å². The van der Waals surface area contributed by atoms with Crippen LogP contribution in [0.15, 0.2) is 72.8 Å². The lowest BCUT2D eigenvalue weighted by Crippen LogP contribution is -2.37. The Balaban J connectivity index is 1.63. The van der Waals surface area contributed by atoms with Crippen molar-refractivity contribution in [3.05, 3.63) is 101 Å². The molecule has 2 aliphatic rings. The number of amides is 1. The third-order valence-electron chi connectivity index (χ3n) is 5.84. The molecule has 1 aliphatic heterocycles. The summed E-state index contributed by atoms with van der Waals surface area (Å²) in [6, 6.07) is 20.7. The van der Waals surface area contributed by atoms with E-state index in [4.69, 9.17) is 0 Å². The average Bonchev–Trinajstić information content (AvgIpc) is 3.02. The maximum Gasteiger partial charge on any atom is 0.259 e. The first-order valence-electron chi connectivity index (χ1n) is 9.45. The van der Waals surface area contributed by atoms with Gasteiger partial charge in [-0.1, -0.05) is 42.5 Å². The summed E-state index contributed by atoms with van der Waals surface area (Å²) in [4.78, 5) is 28.2. The fourth-order valence-corrected chi connectivity index (χ4v) is 4.54. The lowest BCUT2D eigenvalue weighted by atomic mass is 9.77. The summed E-state index contributed by atoms with van der Waals surface area (Å²) >= 11 is 0. The number of ketones is 1. The summed E-state index contributed by atoms with van der Waals surface area (Å²) in [5.41, 5.74) is 3.90. The molecule has 0 aromatic heterocycles. The number of aryl methyl sites for hydroxylation is 1. The van der Waals surface area contributed by atoms with Gasteiger partial charge in [0.05, 0.1) is 6.04 Å². The van der Waals surface area contributed by atoms with Crippen LogP contribution in [0.3, 0.4) is 0 Å². The van der Waals surface area contributed by atoms with Gasteiger partial charge in [-0.3, -0.25) is 9.59 Å². The van der Waals surface area contributed by atoms with Gasteiger partial charge in [0.15, 0.2) is 5.78 Å². The minimum Gasteiger partial charge on any atom is -0.300 e. The van der Waals surface area contributed by atoms with Crippen LogP contribution in [0.1, 0.15) is 44.3 Å². The van der Waals surface area contributed by atoms with Crippen LogP contribution in [0.5, 0.6) is 0 Å². The van der Waals surface area contributed by atoms with E-state index in [9.17, 15) is 14.0 Å². The van der Waals surface area contributed by atoms with E-state index in [1.165, 1.54) is 12.1 Å². The lowest BCUT2D eigenvalue weighted by Gasteiger charge is -2.34. The lowest BCUT2D eigenvalue weighted by molar-refractivity contribution is 0.0870. The number of anilines is 1. The number of Topliss-reactive ketones (excluding diaryl/α,β-unsaturated/α-hetero) is 1. The molecule has 1 heterocycles. The summed E-state index contributed by atoms with van der Waals surface area (Å²) < 4.78 is 13.5. The normalized spacial score (nSPS) is 20.8. The van der Waals surface area contributed by atoms with Crippen LogP contribution in [0.4, 0.5) is 10.1 Å². The van der Waals surface area contributed by atoms with Gasteiger partial charge in [0.2, 0.25) is 0 Å². The largest absolute Gasteiger partial charge is 0.300 e. The number of nitrogens with zero attached hydrogens (tertiary/aromatic N) is 1. The molecule has 0 saturated heterocycles. The van der Waals surface area contributed by atoms with Crippen molar-refractivity contribution in [1.29, 1.82) is 0 Å². The van der Waals surface area contributed by atoms with E-state index >= 15 is 0 Å². The summed E-state index contributed by atoms with van der Waals surface area (Å²) in [6.07, 6.45) is 1.48. The van der Waals surface area contributed by atoms with Crippen molar-refractivity contribution in [3.8, 4) is 0 Å². The fourth-order valence-electron chi connectivity index (χ4n) is 4.54. The number of fused-ring (bicyclic) bond motifs is 2. The summed E-state index contributed by atoms with van der Waals surface area (Å²) in [5, 5.41) is 0. The molecule has 1 aliphatic carbocycles. The second-order valence-corrected chi connectivity index (χ2v) is 7.35. The van der Waals surface area contributed by atoms with Crippen LogP contribution in [0, 0.1) is 11.7 Å². The molecule has 3 aromatic rings. The first-order chi connectivity index (χ1) is 13.6. The second-order valence-electron chi connectivity index (χ2n) is 7.35. The van der Waals surface area contributed by atoms with Crippen molar-refractivity contribution in [2.24, 2.45) is 5.92 Å². The number of rotatable bonds is 2. The highest BCUT2D eigenvalue weighted by atomic mass is 19.1. The monoisotopic (exact) mass is 371 g/mol. The first-order valence-corrected chi connectivity index (χ1v) is 9.45. The Morgan fingerprint density at radius 1 is 0.821 bits per heavy atom. The Kier molecular flexibility index (Phi) is 3.86. The molecule has 1 amide bonds. The molecular formula is C24H18FNO2. The number of benzene rings is 3. The van der Waals surface area contributed by atoms with E-state index in [0.717, 1.165) is 23.1 Å². The fraction of sp³-hybridized carbons (Fsp3) is 0.167. The standard InChI is InChI=1S/C24H18FNO2/c25-16-10-12-17(13-11-16)26-22(19-7-3-4-8-20(19)24(26)28)21-14-9-15-5-1-2-6-18(15)23(21)27/h1-8,10-13,21-22H,9,14H2. The van der Waals surface area contributed by atoms with Gasteiger partial charge in [-0.15, -0.1) is 0 Å². The Morgan fingerprint density at radius 3 is 2.29 bits per heavy atom. The van der Waals surface area contributed by atoms with Gasteiger partial charge in [-0.05, 0) is 54.3 Å². The van der Waals surface area contributed by atoms with Crippen molar-refractivity contribution in [3.63, 3.8) is 0 Å². The molecule has 3 aromatic carbocycles. The highest BCUT2D eigenvalue weighted by Gasteiger charge is 2.45. The third kappa shape index (κ3) is 2.48. The molecule has 2 unspecified atom stereocenters. The van der Waals surface area contributed by atoms with Crippen LogP contribution in [0.2, 0.25) is 0 Å². The molecule has 2 atom stereocenters. The number of carbonyl (C=O) groups is 2. The van der Waals surface area contributed by atoms with Gasteiger partial charge in [-0.25, -0.2) is 4.39 Å². The van der Waals surface area contributed by atoms with Gasteiger partial charge < -0.3 is 4.90 Å². The Hall–Kier alpha value is -3.27. The maximum atomic E-state index is 13.5. The van der Waals surface area contributed by atoms with Crippen molar-refractivity contribution in [1.82, 2.24) is 0 Å². The SMILES string of the molecule is O=C1c2ccccc2CCC1C1c2ccccc2C(=O)N1c1ccc(F)cc1. The highest BCUT2D eigenvalue weighted by molar-refractivity contribution is 6.12. The average molecular weight is 371 g/mol. The van der Waals surface area contributed by atoms with Crippen LogP contribution >= 0.6 is 0 Å². The van der Waals surface area contributed by atoms with Gasteiger partial charge in [0.25, 0.3) is 5.91 Å². The maximum absolute atomic E-state index is 13.5. The van der Waals surface area contributed by atoms with Gasteiger partial charge >= 0.3 is 0 Å². The molecule has 28 heavy (non-hydrogen) atoms. The molecule has 138 valence electrons. The molecule has 0 saturated carbocycles. The molecule has 0 radical (unpaired) electrons. The van der Waals surface area contributed by atoms with Crippen molar-refractivity contribution in [2.45, 2.75) is 18.9 Å². The van der Waals surface area contributed by atoms with Crippen LogP contribution in [-0.2, 0) is 6.42 Å². The van der Waals surface area contributed by atoms with Crippen molar-refractivity contribution < 1.29 is 14.0 Å². The van der Waals surface area contributed by atoms with Crippen LogP contribution in [-0.4, -0.2) is 11.7 Å². The van der Waals surface area contributed by atoms with E-state index < -0.39 is 0 Å². The zero-order chi connectivity index (χ0) is 19.3. The number of carbonyl (C=O) groups excluding carboxylic acids is 2. The van der Waals surface area contributed by atoms with Crippen LogP contribution < -0.4 is 4.90 Å². The van der Waals surface area contributed by atoms with E-state index in [2.05, 4.69) is 0 Å². The van der Waals surface area contributed by atoms with Gasteiger partial charge in [-0.2, -0.15) is 0 Å². The van der Waals surface area contributed by atoms with Gasteiger partial charge in [0, 0.05) is 22.7 Å². The van der Waals surface area contributed by atoms with E-state index in [1.807, 2.05) is 42.5 Å². The predicted molar refractivity (Wildman–Crippen MR) is 105 cm³/mol. The Bertz CT molecular complexity index is 1090. The molecule has 4 heteroatoms. The smallest absolute Gasteiger partial charge is 0.259 e. The zero-order valence-electron chi connectivity index (χ0n) is 15.1. The summed E-state index contributed by atoms with van der Waals surface area (Å²) in [5.74, 6) is -0.748. The highest BCUT2D eigenvalue weighted by Crippen LogP contribution is 2.45. The first kappa shape index (κ1) is 16.9. The van der Waals surface area contributed by atoms with Crippen molar-refractivity contribution >= 4 is 17.4 Å². The molecule has 0 fully saturated rings. The summed E-state index contributed by atoms with van der Waals surface area (Å²) in [6.45, 7) is 0. The molecule has 0 spiro atoms. The second kappa shape index (κ2) is 6.41. The predicted octanol–water partition coefficient (Wildman–Crippen LogP) is 4.97. The Morgan fingerprint density at radius 2 is 1.50 bits per heavy atom. The molecule has 0 N–H and O–H groups in total. The zero-order valence-corrected chi connectivity index (χ0v) is 15.1. The molecular weight excluding hydrogens is 353 g/mol. The Labute approximate surface area is 162 Å². The molecule has 3 nitrogen and oxygen atoms in total. The third-order valence-corrected chi connectivity index (χ3v) is 5.84. The molecule has 0 bridgehead atoms. The number of halogens is 1. The topological polar surface area (TPSA) is 37.4 Å². The number of hydrogen-bond donors (Lipinski definition) is 0. The minimum absolute atomic E-state index is 0.0727.